The average molecular weight is 382 g/mol. The molecule has 7 heteroatoms. The summed E-state index contributed by atoms with van der Waals surface area (Å²) in [6, 6.07) is 7.91. The predicted molar refractivity (Wildman–Crippen MR) is 95.1 cm³/mol. The number of aliphatic hydroxyl groups is 2. The number of Topliss-reactive ketones (excluding diaryl/α,β-unsaturated/α-hetero) is 1. The molecule has 26 heavy (non-hydrogen) atoms. The van der Waals surface area contributed by atoms with Crippen LogP contribution in [0.15, 0.2) is 35.2 Å². The standard InChI is InChI=1S/C19H26O6S/c1-13-8-15(9-14(2)20)18(11-16(21)12-25-19(18,22)10-13)26(23,24)17-6-4-3-5-7-17/h3-7,13,15-16,21-22H,8-12H2,1-2H3. The normalized spacial score (nSPS) is 37.8. The highest BCUT2D eigenvalue weighted by molar-refractivity contribution is 7.93. The Balaban J connectivity index is 2.24. The zero-order valence-corrected chi connectivity index (χ0v) is 15.9. The first kappa shape index (κ1) is 19.5. The van der Waals surface area contributed by atoms with Gasteiger partial charge in [0.05, 0.1) is 17.6 Å². The maximum Gasteiger partial charge on any atom is 0.189 e. The molecular weight excluding hydrogens is 356 g/mol. The number of benzene rings is 1. The van der Waals surface area contributed by atoms with E-state index >= 15 is 0 Å². The summed E-state index contributed by atoms with van der Waals surface area (Å²) in [6.45, 7) is 3.21. The van der Waals surface area contributed by atoms with Crippen LogP contribution in [0.2, 0.25) is 0 Å². The van der Waals surface area contributed by atoms with Gasteiger partial charge in [-0.25, -0.2) is 8.42 Å². The molecule has 2 aliphatic rings. The van der Waals surface area contributed by atoms with Gasteiger partial charge in [-0.1, -0.05) is 25.1 Å². The van der Waals surface area contributed by atoms with Crippen molar-refractivity contribution in [3.05, 3.63) is 30.3 Å². The first-order valence-corrected chi connectivity index (χ1v) is 10.4. The van der Waals surface area contributed by atoms with Gasteiger partial charge in [-0.05, 0) is 37.3 Å². The van der Waals surface area contributed by atoms with Crippen LogP contribution in [-0.2, 0) is 19.4 Å². The summed E-state index contributed by atoms with van der Waals surface area (Å²) in [4.78, 5) is 12.0. The summed E-state index contributed by atoms with van der Waals surface area (Å²) >= 11 is 0. The Morgan fingerprint density at radius 1 is 1.27 bits per heavy atom. The minimum absolute atomic E-state index is 0.00121. The molecule has 1 saturated carbocycles. The van der Waals surface area contributed by atoms with E-state index in [1.54, 1.807) is 18.2 Å². The van der Waals surface area contributed by atoms with Crippen molar-refractivity contribution in [2.45, 2.75) is 61.1 Å². The molecule has 0 bridgehead atoms. The lowest BCUT2D eigenvalue weighted by molar-refractivity contribution is -0.293. The third-order valence-electron chi connectivity index (χ3n) is 5.75. The molecule has 0 aromatic heterocycles. The molecule has 3 rings (SSSR count). The lowest BCUT2D eigenvalue weighted by Gasteiger charge is -2.57. The highest BCUT2D eigenvalue weighted by Gasteiger charge is 2.69. The van der Waals surface area contributed by atoms with E-state index in [-0.39, 0.29) is 42.5 Å². The molecule has 1 aliphatic carbocycles. The van der Waals surface area contributed by atoms with Gasteiger partial charge in [0.2, 0.25) is 0 Å². The number of carbonyl (C=O) groups is 1. The number of fused-ring (bicyclic) bond motifs is 1. The highest BCUT2D eigenvalue weighted by atomic mass is 32.2. The van der Waals surface area contributed by atoms with Crippen LogP contribution >= 0.6 is 0 Å². The Kier molecular flexibility index (Phi) is 5.03. The number of hydrogen-bond acceptors (Lipinski definition) is 6. The van der Waals surface area contributed by atoms with Gasteiger partial charge in [0.25, 0.3) is 0 Å². The molecule has 144 valence electrons. The Morgan fingerprint density at radius 3 is 2.54 bits per heavy atom. The second kappa shape index (κ2) is 6.71. The molecule has 1 aromatic rings. The lowest BCUT2D eigenvalue weighted by atomic mass is 9.65. The summed E-state index contributed by atoms with van der Waals surface area (Å²) in [5.74, 6) is -2.71. The first-order chi connectivity index (χ1) is 12.1. The Hall–Kier alpha value is -1.28. The maximum atomic E-state index is 13.7. The molecule has 0 radical (unpaired) electrons. The van der Waals surface area contributed by atoms with Gasteiger partial charge in [0.1, 0.15) is 10.5 Å². The molecule has 2 N–H and O–H groups in total. The van der Waals surface area contributed by atoms with Gasteiger partial charge in [0, 0.05) is 19.3 Å². The Labute approximate surface area is 154 Å². The van der Waals surface area contributed by atoms with E-state index < -0.39 is 32.4 Å². The van der Waals surface area contributed by atoms with Crippen LogP contribution < -0.4 is 0 Å². The third kappa shape index (κ3) is 2.91. The minimum Gasteiger partial charge on any atom is -0.391 e. The van der Waals surface area contributed by atoms with Crippen LogP contribution in [0.5, 0.6) is 0 Å². The third-order valence-corrected chi connectivity index (χ3v) is 8.42. The highest BCUT2D eigenvalue weighted by Crippen LogP contribution is 2.56. The molecular formula is C19H26O6S. The van der Waals surface area contributed by atoms with E-state index in [4.69, 9.17) is 4.74 Å². The van der Waals surface area contributed by atoms with Gasteiger partial charge in [0.15, 0.2) is 15.6 Å². The monoisotopic (exact) mass is 382 g/mol. The van der Waals surface area contributed by atoms with Gasteiger partial charge in [-0.2, -0.15) is 0 Å². The average Bonchev–Trinajstić information content (AvgIpc) is 2.56. The van der Waals surface area contributed by atoms with E-state index in [0.29, 0.717) is 6.42 Å². The number of ketones is 1. The summed E-state index contributed by atoms with van der Waals surface area (Å²) in [5.41, 5.74) is 0. The molecule has 5 atom stereocenters. The largest absolute Gasteiger partial charge is 0.391 e. The molecule has 2 fully saturated rings. The maximum absolute atomic E-state index is 13.7. The predicted octanol–water partition coefficient (Wildman–Crippen LogP) is 1.69. The van der Waals surface area contributed by atoms with Crippen LogP contribution in [0.25, 0.3) is 0 Å². The van der Waals surface area contributed by atoms with Gasteiger partial charge >= 0.3 is 0 Å². The summed E-state index contributed by atoms with van der Waals surface area (Å²) < 4.78 is 31.3. The van der Waals surface area contributed by atoms with Crippen LogP contribution in [0.4, 0.5) is 0 Å². The van der Waals surface area contributed by atoms with E-state index in [2.05, 4.69) is 0 Å². The fraction of sp³-hybridized carbons (Fsp3) is 0.632. The number of carbonyl (C=O) groups excluding carboxylic acids is 1. The van der Waals surface area contributed by atoms with Crippen molar-refractivity contribution in [2.24, 2.45) is 11.8 Å². The second-order valence-corrected chi connectivity index (χ2v) is 10.0. The number of rotatable bonds is 4. The molecule has 6 nitrogen and oxygen atoms in total. The topological polar surface area (TPSA) is 101 Å². The second-order valence-electron chi connectivity index (χ2n) is 7.81. The summed E-state index contributed by atoms with van der Waals surface area (Å²) in [5, 5.41) is 21.7. The first-order valence-electron chi connectivity index (χ1n) is 8.96. The van der Waals surface area contributed by atoms with Crippen molar-refractivity contribution in [2.75, 3.05) is 6.61 Å². The molecule has 0 spiro atoms. The van der Waals surface area contributed by atoms with Crippen LogP contribution in [0, 0.1) is 11.8 Å². The molecule has 5 unspecified atom stereocenters. The van der Waals surface area contributed by atoms with E-state index in [0.717, 1.165) is 0 Å². The molecule has 0 amide bonds. The van der Waals surface area contributed by atoms with Crippen LogP contribution in [0.3, 0.4) is 0 Å². The Bertz CT molecular complexity index is 776. The van der Waals surface area contributed by atoms with Crippen LogP contribution in [-0.4, -0.2) is 47.7 Å². The van der Waals surface area contributed by atoms with Crippen molar-refractivity contribution in [3.8, 4) is 0 Å². The zero-order valence-electron chi connectivity index (χ0n) is 15.1. The minimum atomic E-state index is -4.08. The van der Waals surface area contributed by atoms with Gasteiger partial charge < -0.3 is 19.7 Å². The van der Waals surface area contributed by atoms with Crippen molar-refractivity contribution < 1.29 is 28.2 Å². The van der Waals surface area contributed by atoms with Crippen molar-refractivity contribution >= 4 is 15.6 Å². The van der Waals surface area contributed by atoms with Crippen molar-refractivity contribution in [3.63, 3.8) is 0 Å². The molecule has 1 aliphatic heterocycles. The Morgan fingerprint density at radius 2 is 1.92 bits per heavy atom. The smallest absolute Gasteiger partial charge is 0.189 e. The number of ether oxygens (including phenoxy) is 1. The lowest BCUT2D eigenvalue weighted by Crippen LogP contribution is -2.71. The van der Waals surface area contributed by atoms with E-state index in [1.165, 1.54) is 19.1 Å². The van der Waals surface area contributed by atoms with Gasteiger partial charge in [-0.15, -0.1) is 0 Å². The summed E-state index contributed by atoms with van der Waals surface area (Å²) in [7, 11) is -4.08. The molecule has 1 saturated heterocycles. The molecule has 1 heterocycles. The van der Waals surface area contributed by atoms with Crippen molar-refractivity contribution in [1.29, 1.82) is 0 Å². The quantitative estimate of drug-likeness (QED) is 0.822. The van der Waals surface area contributed by atoms with Crippen molar-refractivity contribution in [1.82, 2.24) is 0 Å². The van der Waals surface area contributed by atoms with Crippen LogP contribution in [0.1, 0.15) is 39.5 Å². The van der Waals surface area contributed by atoms with E-state index in [1.807, 2.05) is 6.92 Å². The number of aliphatic hydroxyl groups excluding tert-OH is 1. The van der Waals surface area contributed by atoms with Gasteiger partial charge in [-0.3, -0.25) is 0 Å². The number of hydrogen-bond donors (Lipinski definition) is 2. The molecule has 1 aromatic carbocycles. The number of sulfone groups is 1. The fourth-order valence-corrected chi connectivity index (χ4v) is 7.35. The van der Waals surface area contributed by atoms with E-state index in [9.17, 15) is 23.4 Å². The SMILES string of the molecule is CC(=O)CC1CC(C)CC2(O)OCC(O)CC12S(=O)(=O)c1ccccc1. The zero-order chi connectivity index (χ0) is 19.2. The fourth-order valence-electron chi connectivity index (χ4n) is 4.82. The summed E-state index contributed by atoms with van der Waals surface area (Å²) in [6.07, 6.45) is -0.513.